The van der Waals surface area contributed by atoms with Crippen molar-refractivity contribution in [2.24, 2.45) is 23.5 Å². The molecule has 0 radical (unpaired) electrons. The van der Waals surface area contributed by atoms with Gasteiger partial charge in [-0.25, -0.2) is 0 Å². The Labute approximate surface area is 350 Å². The summed E-state index contributed by atoms with van der Waals surface area (Å²) in [5.41, 5.74) is 14.0. The van der Waals surface area contributed by atoms with E-state index in [-0.39, 0.29) is 35.7 Å². The molecule has 6 rings (SSSR count). The molecule has 0 saturated carbocycles. The molecule has 59 heavy (non-hydrogen) atoms. The first kappa shape index (κ1) is 43.8. The Morgan fingerprint density at radius 2 is 1.69 bits per heavy atom. The predicted octanol–water partition coefficient (Wildman–Crippen LogP) is 6.91. The number of Topliss-reactive ketones (excluding diaryl/α,β-unsaturated/α-hetero) is 1. The Morgan fingerprint density at radius 1 is 0.932 bits per heavy atom. The molecule has 3 aromatic carbocycles. The van der Waals surface area contributed by atoms with Gasteiger partial charge in [0.1, 0.15) is 5.78 Å². The largest absolute Gasteiger partial charge is 0.504 e. The van der Waals surface area contributed by atoms with E-state index in [0.29, 0.717) is 53.3 Å². The molecule has 3 aromatic rings. The summed E-state index contributed by atoms with van der Waals surface area (Å²) in [7, 11) is 3.51. The second-order valence-electron chi connectivity index (χ2n) is 16.5. The van der Waals surface area contributed by atoms with Crippen molar-refractivity contribution in [1.29, 1.82) is 0 Å². The van der Waals surface area contributed by atoms with Crippen molar-refractivity contribution in [2.45, 2.75) is 89.3 Å². The number of fused-ring (bicyclic) bond motifs is 1. The van der Waals surface area contributed by atoms with Gasteiger partial charge in [-0.3, -0.25) is 9.59 Å². The number of hydrogen-bond acceptors (Lipinski definition) is 9. The topological polar surface area (TPSA) is 146 Å². The van der Waals surface area contributed by atoms with Gasteiger partial charge in [0.15, 0.2) is 17.3 Å². The van der Waals surface area contributed by atoms with Crippen LogP contribution in [0.1, 0.15) is 79.2 Å². The number of ketones is 2. The first-order chi connectivity index (χ1) is 28.7. The molecule has 1 fully saturated rings. The van der Waals surface area contributed by atoms with Crippen molar-refractivity contribution in [2.75, 3.05) is 33.9 Å². The minimum absolute atomic E-state index is 0.0408. The van der Waals surface area contributed by atoms with Gasteiger partial charge in [0.05, 0.1) is 26.3 Å². The highest BCUT2D eigenvalue weighted by Crippen LogP contribution is 2.38. The van der Waals surface area contributed by atoms with Gasteiger partial charge in [0.25, 0.3) is 0 Å². The van der Waals surface area contributed by atoms with Crippen LogP contribution in [0.3, 0.4) is 0 Å². The number of allylic oxidation sites excluding steroid dienone is 3. The Morgan fingerprint density at radius 3 is 2.46 bits per heavy atom. The highest BCUT2D eigenvalue weighted by molar-refractivity contribution is 6.07. The summed E-state index contributed by atoms with van der Waals surface area (Å²) in [5.74, 6) is 1.64. The van der Waals surface area contributed by atoms with Gasteiger partial charge in [-0.05, 0) is 152 Å². The van der Waals surface area contributed by atoms with E-state index in [1.54, 1.807) is 12.1 Å². The van der Waals surface area contributed by atoms with Gasteiger partial charge in [0.2, 0.25) is 0 Å². The Balaban J connectivity index is 1.06. The monoisotopic (exact) mass is 800 g/mol. The number of phenolic OH excluding ortho intramolecular Hbond substituents is 1. The Bertz CT molecular complexity index is 2000. The number of aliphatic hydroxyl groups excluding tert-OH is 1. The van der Waals surface area contributed by atoms with Gasteiger partial charge in [-0.1, -0.05) is 79.6 Å². The summed E-state index contributed by atoms with van der Waals surface area (Å²) in [5, 5.41) is 31.7. The lowest BCUT2D eigenvalue weighted by Gasteiger charge is -2.42. The molecule has 0 aromatic heterocycles. The van der Waals surface area contributed by atoms with Gasteiger partial charge >= 0.3 is 0 Å². The lowest BCUT2D eigenvalue weighted by Crippen LogP contribution is -2.47. The van der Waals surface area contributed by atoms with E-state index in [9.17, 15) is 19.8 Å². The fourth-order valence-corrected chi connectivity index (χ4v) is 9.28. The fourth-order valence-electron chi connectivity index (χ4n) is 9.28. The normalized spacial score (nSPS) is 21.6. The van der Waals surface area contributed by atoms with Gasteiger partial charge in [0, 0.05) is 25.2 Å². The number of carbonyl (C=O) groups excluding carboxylic acids is 2. The van der Waals surface area contributed by atoms with Crippen molar-refractivity contribution in [3.05, 3.63) is 136 Å². The third-order valence-corrected chi connectivity index (χ3v) is 12.5. The maximum atomic E-state index is 13.3. The SMILES string of the molecule is CNC1C=CC2CNCCC2C1CCCCCC(=O)CC(=O)C=C(CO)c1cc(OC)c(O)cc1CC1=CNC(N)C=C1CCc1cccc(CCc2ccccc2)c1. The zero-order valence-corrected chi connectivity index (χ0v) is 34.9. The average Bonchev–Trinajstić information content (AvgIpc) is 3.25. The lowest BCUT2D eigenvalue weighted by molar-refractivity contribution is -0.124. The van der Waals surface area contributed by atoms with Crippen LogP contribution in [0.4, 0.5) is 0 Å². The van der Waals surface area contributed by atoms with Crippen LogP contribution >= 0.6 is 0 Å². The fraction of sp³-hybridized carbons (Fsp3) is 0.440. The van der Waals surface area contributed by atoms with Crippen molar-refractivity contribution >= 4 is 17.1 Å². The van der Waals surface area contributed by atoms with Crippen LogP contribution in [-0.2, 0) is 35.3 Å². The molecule has 1 aliphatic carbocycles. The number of piperidine rings is 1. The number of hydrogen-bond donors (Lipinski definition) is 6. The van der Waals surface area contributed by atoms with Crippen LogP contribution < -0.4 is 26.4 Å². The molecular formula is C50H64N4O5. The second-order valence-corrected chi connectivity index (χ2v) is 16.5. The molecule has 9 nitrogen and oxygen atoms in total. The van der Waals surface area contributed by atoms with Gasteiger partial charge < -0.3 is 36.6 Å². The van der Waals surface area contributed by atoms with E-state index in [2.05, 4.69) is 76.6 Å². The van der Waals surface area contributed by atoms with Crippen molar-refractivity contribution in [3.8, 4) is 11.5 Å². The van der Waals surface area contributed by atoms with Crippen LogP contribution in [0.2, 0.25) is 0 Å². The molecule has 314 valence electrons. The van der Waals surface area contributed by atoms with E-state index in [1.807, 2.05) is 25.4 Å². The predicted molar refractivity (Wildman–Crippen MR) is 237 cm³/mol. The number of benzene rings is 3. The highest BCUT2D eigenvalue weighted by Gasteiger charge is 2.36. The number of nitrogens with two attached hydrogens (primary N) is 1. The van der Waals surface area contributed by atoms with Crippen LogP contribution in [0, 0.1) is 17.8 Å². The molecule has 7 N–H and O–H groups in total. The lowest BCUT2D eigenvalue weighted by atomic mass is 9.68. The maximum Gasteiger partial charge on any atom is 0.163 e. The third kappa shape index (κ3) is 12.4. The van der Waals surface area contributed by atoms with Crippen LogP contribution in [0.25, 0.3) is 5.57 Å². The summed E-state index contributed by atoms with van der Waals surface area (Å²) >= 11 is 0. The zero-order valence-electron chi connectivity index (χ0n) is 34.9. The number of nitrogens with one attached hydrogen (secondary N) is 3. The first-order valence-electron chi connectivity index (χ1n) is 21.6. The number of phenols is 1. The molecule has 0 amide bonds. The number of unbranched alkanes of at least 4 members (excludes halogenated alkanes) is 2. The van der Waals surface area contributed by atoms with E-state index in [0.717, 1.165) is 75.6 Å². The molecular weight excluding hydrogens is 737 g/mol. The zero-order chi connectivity index (χ0) is 41.6. The minimum atomic E-state index is -0.422. The van der Waals surface area contributed by atoms with Crippen LogP contribution in [0.5, 0.6) is 11.5 Å². The number of ether oxygens (including phenoxy) is 1. The maximum absolute atomic E-state index is 13.3. The number of aliphatic hydroxyl groups is 1. The Kier molecular flexibility index (Phi) is 16.3. The van der Waals surface area contributed by atoms with Crippen molar-refractivity contribution in [1.82, 2.24) is 16.0 Å². The average molecular weight is 801 g/mol. The van der Waals surface area contributed by atoms with Crippen molar-refractivity contribution in [3.63, 3.8) is 0 Å². The van der Waals surface area contributed by atoms with E-state index >= 15 is 0 Å². The number of aryl methyl sites for hydroxylation is 3. The van der Waals surface area contributed by atoms with E-state index < -0.39 is 6.61 Å². The summed E-state index contributed by atoms with van der Waals surface area (Å²) in [4.78, 5) is 26.3. The molecule has 1 saturated heterocycles. The molecule has 0 bridgehead atoms. The number of carbonyl (C=O) groups is 2. The molecule has 5 atom stereocenters. The summed E-state index contributed by atoms with van der Waals surface area (Å²) in [6.45, 7) is 1.71. The van der Waals surface area contributed by atoms with Gasteiger partial charge in [-0.2, -0.15) is 0 Å². The standard InChI is InChI=1S/C50H64N4O5/c1-52-47-21-20-38-31-53-23-22-44(38)45(47)15-8-4-7-14-42(56)29-43(57)26-41(33-55)46-30-49(59-2)48(58)27-39(46)25-40-32-54-50(51)28-37(40)19-18-36-13-9-12-35(24-36)17-16-34-10-5-3-6-11-34/h3,5-6,9-13,20-21,24,26-28,30,32,38,44-45,47,50,52-55,58H,4,7-8,14-19,22-23,25,29,31,33,51H2,1-2H3. The number of methoxy groups -OCH3 is 1. The number of aromatic hydroxyl groups is 1. The highest BCUT2D eigenvalue weighted by atomic mass is 16.5. The number of likely N-dealkylation sites (N-methyl/N-ethyl adjacent to an activating group) is 1. The summed E-state index contributed by atoms with van der Waals surface area (Å²) in [6, 6.07) is 23.0. The first-order valence-corrected chi connectivity index (χ1v) is 21.6. The molecule has 9 heteroatoms. The number of rotatable bonds is 21. The third-order valence-electron chi connectivity index (χ3n) is 12.5. The quantitative estimate of drug-likeness (QED) is 0.0293. The van der Waals surface area contributed by atoms with Gasteiger partial charge in [-0.15, -0.1) is 0 Å². The minimum Gasteiger partial charge on any atom is -0.504 e. The smallest absolute Gasteiger partial charge is 0.163 e. The summed E-state index contributed by atoms with van der Waals surface area (Å²) < 4.78 is 5.45. The van der Waals surface area contributed by atoms with Crippen LogP contribution in [0.15, 0.2) is 108 Å². The van der Waals surface area contributed by atoms with E-state index in [4.69, 9.17) is 10.5 Å². The molecule has 2 aliphatic heterocycles. The number of dihydropyridines is 1. The Hall–Kier alpha value is -4.80. The van der Waals surface area contributed by atoms with E-state index in [1.165, 1.54) is 36.3 Å². The molecule has 3 aliphatic rings. The summed E-state index contributed by atoms with van der Waals surface area (Å²) in [6.07, 6.45) is 18.9. The van der Waals surface area contributed by atoms with Crippen LogP contribution in [-0.4, -0.2) is 67.8 Å². The molecule has 5 unspecified atom stereocenters. The molecule has 2 heterocycles. The molecule has 0 spiro atoms. The van der Waals surface area contributed by atoms with Crippen molar-refractivity contribution < 1.29 is 24.5 Å². The second kappa shape index (κ2) is 22.0.